The van der Waals surface area contributed by atoms with Crippen LogP contribution in [0.4, 0.5) is 11.6 Å². The van der Waals surface area contributed by atoms with E-state index in [1.807, 2.05) is 24.3 Å². The number of carbonyl (C=O) groups excluding carboxylic acids is 1. The molecule has 0 aliphatic rings. The number of aromatic nitrogens is 2. The van der Waals surface area contributed by atoms with Crippen LogP contribution < -0.4 is 9.88 Å². The summed E-state index contributed by atoms with van der Waals surface area (Å²) in [6, 6.07) is 10.9. The van der Waals surface area contributed by atoms with Gasteiger partial charge in [-0.1, -0.05) is 12.1 Å². The van der Waals surface area contributed by atoms with E-state index >= 15 is 0 Å². The SMILES string of the molecule is CC(=O)N(C=Nc1ccccn1)c1cccc[nH+]1. The molecule has 0 saturated carbocycles. The molecule has 0 aliphatic heterocycles. The van der Waals surface area contributed by atoms with Gasteiger partial charge in [-0.3, -0.25) is 0 Å². The van der Waals surface area contributed by atoms with Gasteiger partial charge >= 0.3 is 5.91 Å². The smallest absolute Gasteiger partial charge is 0.247 e. The van der Waals surface area contributed by atoms with Crippen molar-refractivity contribution in [1.29, 1.82) is 0 Å². The van der Waals surface area contributed by atoms with Gasteiger partial charge in [0.2, 0.25) is 0 Å². The van der Waals surface area contributed by atoms with Crippen LogP contribution in [0.3, 0.4) is 0 Å². The molecule has 1 N–H and O–H groups in total. The summed E-state index contributed by atoms with van der Waals surface area (Å²) in [5, 5.41) is 0. The van der Waals surface area contributed by atoms with E-state index in [1.54, 1.807) is 24.5 Å². The van der Waals surface area contributed by atoms with Crippen LogP contribution in [0.15, 0.2) is 53.8 Å². The summed E-state index contributed by atoms with van der Waals surface area (Å²) in [6.07, 6.45) is 4.86. The Hall–Kier alpha value is -2.56. The van der Waals surface area contributed by atoms with Crippen LogP contribution in [0.25, 0.3) is 0 Å². The molecule has 5 heteroatoms. The van der Waals surface area contributed by atoms with Crippen molar-refractivity contribution in [2.24, 2.45) is 4.99 Å². The number of pyridine rings is 2. The van der Waals surface area contributed by atoms with Crippen molar-refractivity contribution in [1.82, 2.24) is 4.98 Å². The van der Waals surface area contributed by atoms with Crippen LogP contribution in [0, 0.1) is 0 Å². The third-order valence-corrected chi connectivity index (χ3v) is 2.25. The normalized spacial score (nSPS) is 10.5. The average molecular weight is 241 g/mol. The summed E-state index contributed by atoms with van der Waals surface area (Å²) < 4.78 is 0. The van der Waals surface area contributed by atoms with E-state index in [-0.39, 0.29) is 5.91 Å². The first kappa shape index (κ1) is 11.9. The van der Waals surface area contributed by atoms with Gasteiger partial charge in [0.25, 0.3) is 5.82 Å². The number of carbonyl (C=O) groups is 1. The summed E-state index contributed by atoms with van der Waals surface area (Å²) in [5.74, 6) is 1.08. The summed E-state index contributed by atoms with van der Waals surface area (Å²) in [4.78, 5) is 24.2. The molecule has 0 atom stereocenters. The number of amides is 1. The van der Waals surface area contributed by atoms with Crippen molar-refractivity contribution in [3.8, 4) is 0 Å². The quantitative estimate of drug-likeness (QED) is 0.605. The van der Waals surface area contributed by atoms with Crippen LogP contribution in [0.1, 0.15) is 6.92 Å². The largest absolute Gasteiger partial charge is 0.312 e. The highest BCUT2D eigenvalue weighted by atomic mass is 16.2. The molecular formula is C13H13N4O+. The van der Waals surface area contributed by atoms with Gasteiger partial charge in [-0.05, 0) is 18.2 Å². The number of rotatable bonds is 3. The van der Waals surface area contributed by atoms with Crippen molar-refractivity contribution in [2.75, 3.05) is 4.90 Å². The average Bonchev–Trinajstić information content (AvgIpc) is 2.41. The van der Waals surface area contributed by atoms with Gasteiger partial charge in [0.1, 0.15) is 0 Å². The van der Waals surface area contributed by atoms with Gasteiger partial charge in [-0.25, -0.2) is 14.8 Å². The van der Waals surface area contributed by atoms with Crippen LogP contribution in [0.2, 0.25) is 0 Å². The monoisotopic (exact) mass is 241 g/mol. The first-order chi connectivity index (χ1) is 8.77. The number of H-pyrrole nitrogens is 1. The van der Waals surface area contributed by atoms with E-state index in [9.17, 15) is 4.79 Å². The second-order valence-electron chi connectivity index (χ2n) is 3.57. The minimum Gasteiger partial charge on any atom is -0.247 e. The lowest BCUT2D eigenvalue weighted by molar-refractivity contribution is -0.362. The highest BCUT2D eigenvalue weighted by Gasteiger charge is 2.17. The lowest BCUT2D eigenvalue weighted by Gasteiger charge is -2.05. The maximum absolute atomic E-state index is 11.6. The second kappa shape index (κ2) is 5.67. The summed E-state index contributed by atoms with van der Waals surface area (Å²) >= 11 is 0. The number of aliphatic imine (C=N–C) groups is 1. The van der Waals surface area contributed by atoms with Gasteiger partial charge in [0, 0.05) is 19.2 Å². The molecule has 0 spiro atoms. The van der Waals surface area contributed by atoms with E-state index < -0.39 is 0 Å². The summed E-state index contributed by atoms with van der Waals surface area (Å²) in [5.41, 5.74) is 0. The molecule has 5 nitrogen and oxygen atoms in total. The number of nitrogens with one attached hydrogen (secondary N) is 1. The van der Waals surface area contributed by atoms with Crippen molar-refractivity contribution in [3.63, 3.8) is 0 Å². The first-order valence-corrected chi connectivity index (χ1v) is 5.49. The lowest BCUT2D eigenvalue weighted by Crippen LogP contribution is -2.31. The third kappa shape index (κ3) is 2.98. The molecule has 0 unspecified atom stereocenters. The van der Waals surface area contributed by atoms with Gasteiger partial charge in [0.15, 0.2) is 12.2 Å². The van der Waals surface area contributed by atoms with Crippen LogP contribution >= 0.6 is 0 Å². The molecular weight excluding hydrogens is 228 g/mol. The van der Waals surface area contributed by atoms with Crippen LogP contribution in [0.5, 0.6) is 0 Å². The second-order valence-corrected chi connectivity index (χ2v) is 3.57. The Balaban J connectivity index is 2.23. The molecule has 2 aromatic heterocycles. The molecule has 2 aromatic rings. The number of hydrogen-bond donors (Lipinski definition) is 0. The lowest BCUT2D eigenvalue weighted by atomic mass is 10.4. The molecule has 90 valence electrons. The maximum atomic E-state index is 11.6. The Morgan fingerprint density at radius 2 is 2.17 bits per heavy atom. The van der Waals surface area contributed by atoms with E-state index in [1.165, 1.54) is 18.2 Å². The summed E-state index contributed by atoms with van der Waals surface area (Å²) in [7, 11) is 0. The molecule has 18 heavy (non-hydrogen) atoms. The van der Waals surface area contributed by atoms with Crippen LogP contribution in [-0.4, -0.2) is 17.2 Å². The fourth-order valence-corrected chi connectivity index (χ4v) is 1.39. The Morgan fingerprint density at radius 3 is 2.78 bits per heavy atom. The van der Waals surface area contributed by atoms with E-state index in [4.69, 9.17) is 0 Å². The highest BCUT2D eigenvalue weighted by molar-refractivity contribution is 6.06. The molecule has 0 aromatic carbocycles. The summed E-state index contributed by atoms with van der Waals surface area (Å²) in [6.45, 7) is 1.48. The van der Waals surface area contributed by atoms with Crippen molar-refractivity contribution in [2.45, 2.75) is 6.92 Å². The first-order valence-electron chi connectivity index (χ1n) is 5.49. The predicted molar refractivity (Wildman–Crippen MR) is 68.5 cm³/mol. The third-order valence-electron chi connectivity index (χ3n) is 2.25. The van der Waals surface area contributed by atoms with Gasteiger partial charge in [-0.2, -0.15) is 9.89 Å². The molecule has 2 heterocycles. The van der Waals surface area contributed by atoms with Gasteiger partial charge in [0.05, 0.1) is 6.20 Å². The molecule has 0 aliphatic carbocycles. The zero-order valence-electron chi connectivity index (χ0n) is 9.95. The minimum absolute atomic E-state index is 0.128. The molecule has 0 fully saturated rings. The van der Waals surface area contributed by atoms with Crippen LogP contribution in [-0.2, 0) is 4.79 Å². The number of hydrogen-bond acceptors (Lipinski definition) is 3. The number of anilines is 1. The maximum Gasteiger partial charge on any atom is 0.312 e. The Labute approximate surface area is 105 Å². The molecule has 0 bridgehead atoms. The zero-order valence-corrected chi connectivity index (χ0v) is 9.95. The molecule has 1 amide bonds. The van der Waals surface area contributed by atoms with E-state index in [2.05, 4.69) is 15.0 Å². The predicted octanol–water partition coefficient (Wildman–Crippen LogP) is 1.61. The Bertz CT molecular complexity index is 539. The number of aromatic amines is 1. The molecule has 0 saturated heterocycles. The Kier molecular flexibility index (Phi) is 3.76. The highest BCUT2D eigenvalue weighted by Crippen LogP contribution is 2.07. The van der Waals surface area contributed by atoms with E-state index in [0.717, 1.165) is 0 Å². The van der Waals surface area contributed by atoms with E-state index in [0.29, 0.717) is 11.6 Å². The zero-order chi connectivity index (χ0) is 12.8. The molecule has 2 rings (SSSR count). The van der Waals surface area contributed by atoms with Gasteiger partial charge in [-0.15, -0.1) is 0 Å². The van der Waals surface area contributed by atoms with Gasteiger partial charge < -0.3 is 0 Å². The topological polar surface area (TPSA) is 59.7 Å². The molecule has 0 radical (unpaired) electrons. The van der Waals surface area contributed by atoms with Crippen molar-refractivity contribution >= 4 is 23.9 Å². The standard InChI is InChI=1S/C13H12N4O/c1-11(18)17(13-7-3-5-9-15-13)10-16-12-6-2-4-8-14-12/h2-10H,1H3/p+1. The Morgan fingerprint density at radius 1 is 1.33 bits per heavy atom. The van der Waals surface area contributed by atoms with Crippen molar-refractivity contribution < 1.29 is 9.78 Å². The number of nitrogens with zero attached hydrogens (tertiary/aromatic N) is 3. The van der Waals surface area contributed by atoms with Crippen molar-refractivity contribution in [3.05, 3.63) is 48.8 Å². The minimum atomic E-state index is -0.128. The fraction of sp³-hybridized carbons (Fsp3) is 0.0769. The fourth-order valence-electron chi connectivity index (χ4n) is 1.39.